The van der Waals surface area contributed by atoms with Crippen LogP contribution < -0.4 is 9.60 Å². The first-order valence-electron chi connectivity index (χ1n) is 4.93. The van der Waals surface area contributed by atoms with E-state index in [1.54, 1.807) is 5.38 Å². The molecule has 1 aromatic carbocycles. The molecular formula is C10H10N2O4S2. The van der Waals surface area contributed by atoms with Crippen LogP contribution in [0, 0.1) is 0 Å². The van der Waals surface area contributed by atoms with E-state index in [2.05, 4.69) is 9.71 Å². The summed E-state index contributed by atoms with van der Waals surface area (Å²) in [7, 11) is -3.70. The van der Waals surface area contributed by atoms with E-state index in [1.165, 1.54) is 18.2 Å². The third-order valence-electron chi connectivity index (χ3n) is 2.15. The highest BCUT2D eigenvalue weighted by molar-refractivity contribution is 7.89. The lowest BCUT2D eigenvalue weighted by atomic mass is 10.3. The van der Waals surface area contributed by atoms with E-state index < -0.39 is 10.0 Å². The van der Waals surface area contributed by atoms with Gasteiger partial charge in [0.1, 0.15) is 5.75 Å². The van der Waals surface area contributed by atoms with Crippen LogP contribution in [0.25, 0.3) is 0 Å². The topological polar surface area (TPSA) is 99.3 Å². The Balaban J connectivity index is 2.15. The minimum atomic E-state index is -3.70. The Morgan fingerprint density at radius 2 is 2.17 bits per heavy atom. The van der Waals surface area contributed by atoms with Gasteiger partial charge < -0.3 is 10.1 Å². The summed E-state index contributed by atoms with van der Waals surface area (Å²) in [5.41, 5.74) is 0.494. The number of phenolic OH excluding ortho intramolecular Hbond substituents is 1. The van der Waals surface area contributed by atoms with Crippen LogP contribution in [0.1, 0.15) is 5.69 Å². The van der Waals surface area contributed by atoms with Gasteiger partial charge in [0.2, 0.25) is 10.0 Å². The highest BCUT2D eigenvalue weighted by Crippen LogP contribution is 2.15. The van der Waals surface area contributed by atoms with Crippen LogP contribution in [-0.4, -0.2) is 18.5 Å². The van der Waals surface area contributed by atoms with Crippen molar-refractivity contribution in [1.29, 1.82) is 0 Å². The molecule has 0 radical (unpaired) electrons. The first-order valence-corrected chi connectivity index (χ1v) is 7.29. The van der Waals surface area contributed by atoms with Gasteiger partial charge in [-0.3, -0.25) is 4.79 Å². The SMILES string of the molecule is O=c1[nH]c(CNS(=O)(=O)c2cccc(O)c2)cs1. The van der Waals surface area contributed by atoms with Crippen LogP contribution in [0.5, 0.6) is 5.75 Å². The number of hydrogen-bond acceptors (Lipinski definition) is 5. The van der Waals surface area contributed by atoms with Gasteiger partial charge in [0.15, 0.2) is 0 Å². The normalized spacial score (nSPS) is 11.6. The second kappa shape index (κ2) is 4.92. The molecule has 0 bridgehead atoms. The molecule has 0 saturated heterocycles. The van der Waals surface area contributed by atoms with Crippen LogP contribution in [0.2, 0.25) is 0 Å². The average Bonchev–Trinajstić information content (AvgIpc) is 2.73. The van der Waals surface area contributed by atoms with Crippen molar-refractivity contribution < 1.29 is 13.5 Å². The lowest BCUT2D eigenvalue weighted by Crippen LogP contribution is -2.23. The molecule has 2 rings (SSSR count). The number of aromatic hydroxyl groups is 1. The first kappa shape index (κ1) is 12.8. The Kier molecular flexibility index (Phi) is 3.50. The minimum absolute atomic E-state index is 0.00324. The second-order valence-electron chi connectivity index (χ2n) is 3.50. The number of phenols is 1. The molecule has 0 saturated carbocycles. The monoisotopic (exact) mass is 286 g/mol. The number of benzene rings is 1. The smallest absolute Gasteiger partial charge is 0.304 e. The van der Waals surface area contributed by atoms with Crippen molar-refractivity contribution in [3.63, 3.8) is 0 Å². The van der Waals surface area contributed by atoms with Crippen molar-refractivity contribution >= 4 is 21.4 Å². The minimum Gasteiger partial charge on any atom is -0.508 e. The molecule has 18 heavy (non-hydrogen) atoms. The number of sulfonamides is 1. The number of rotatable bonds is 4. The van der Waals surface area contributed by atoms with Crippen molar-refractivity contribution in [2.45, 2.75) is 11.4 Å². The molecule has 0 fully saturated rings. The molecule has 1 heterocycles. The molecule has 3 N–H and O–H groups in total. The van der Waals surface area contributed by atoms with Crippen LogP contribution in [0.4, 0.5) is 0 Å². The molecule has 8 heteroatoms. The number of aromatic nitrogens is 1. The summed E-state index contributed by atoms with van der Waals surface area (Å²) in [5, 5.41) is 10.8. The molecule has 2 aromatic rings. The van der Waals surface area contributed by atoms with Gasteiger partial charge in [0, 0.05) is 11.1 Å². The lowest BCUT2D eigenvalue weighted by molar-refractivity contribution is 0.473. The van der Waals surface area contributed by atoms with Gasteiger partial charge in [-0.15, -0.1) is 0 Å². The molecule has 0 aliphatic heterocycles. The van der Waals surface area contributed by atoms with Crippen molar-refractivity contribution in [2.24, 2.45) is 0 Å². The molecule has 0 amide bonds. The summed E-state index contributed by atoms with van der Waals surface area (Å²) < 4.78 is 26.0. The van der Waals surface area contributed by atoms with Gasteiger partial charge in [0.05, 0.1) is 11.4 Å². The van der Waals surface area contributed by atoms with Crippen molar-refractivity contribution in [2.75, 3.05) is 0 Å². The molecule has 0 aliphatic carbocycles. The Labute approximate surface area is 107 Å². The third-order valence-corrected chi connectivity index (χ3v) is 4.27. The van der Waals surface area contributed by atoms with Crippen LogP contribution >= 0.6 is 11.3 Å². The number of nitrogens with one attached hydrogen (secondary N) is 2. The van der Waals surface area contributed by atoms with E-state index in [4.69, 9.17) is 0 Å². The maximum atomic E-state index is 11.9. The highest BCUT2D eigenvalue weighted by Gasteiger charge is 2.14. The van der Waals surface area contributed by atoms with Gasteiger partial charge >= 0.3 is 4.87 Å². The summed E-state index contributed by atoms with van der Waals surface area (Å²) in [6.45, 7) is -0.00324. The Morgan fingerprint density at radius 3 is 2.78 bits per heavy atom. The summed E-state index contributed by atoms with van der Waals surface area (Å²) in [5.74, 6) is -0.123. The molecule has 6 nitrogen and oxygen atoms in total. The fourth-order valence-electron chi connectivity index (χ4n) is 1.31. The summed E-state index contributed by atoms with van der Waals surface area (Å²) >= 11 is 0.967. The molecule has 0 unspecified atom stereocenters. The van der Waals surface area contributed by atoms with Crippen LogP contribution in [-0.2, 0) is 16.6 Å². The van der Waals surface area contributed by atoms with E-state index in [0.29, 0.717) is 5.69 Å². The van der Waals surface area contributed by atoms with Gasteiger partial charge in [-0.1, -0.05) is 17.4 Å². The Hall–Kier alpha value is -1.64. The lowest BCUT2D eigenvalue weighted by Gasteiger charge is -2.05. The number of hydrogen-bond donors (Lipinski definition) is 3. The Bertz CT molecular complexity index is 702. The van der Waals surface area contributed by atoms with Gasteiger partial charge in [-0.25, -0.2) is 13.1 Å². The van der Waals surface area contributed by atoms with E-state index in [9.17, 15) is 18.3 Å². The molecule has 0 spiro atoms. The maximum absolute atomic E-state index is 11.9. The fourth-order valence-corrected chi connectivity index (χ4v) is 2.93. The number of thiazole rings is 1. The number of H-pyrrole nitrogens is 1. The van der Waals surface area contributed by atoms with Crippen molar-refractivity contribution in [3.05, 3.63) is 45.0 Å². The summed E-state index contributed by atoms with van der Waals surface area (Å²) in [6, 6.07) is 5.35. The maximum Gasteiger partial charge on any atom is 0.304 e. The molecule has 0 atom stereocenters. The molecule has 0 aliphatic rings. The second-order valence-corrected chi connectivity index (χ2v) is 6.10. The standard InChI is InChI=1S/C10H10N2O4S2/c13-8-2-1-3-9(4-8)18(15,16)11-5-7-6-17-10(14)12-7/h1-4,6,11,13H,5H2,(H,12,14). The highest BCUT2D eigenvalue weighted by atomic mass is 32.2. The quantitative estimate of drug-likeness (QED) is 0.767. The van der Waals surface area contributed by atoms with Crippen LogP contribution in [0.15, 0.2) is 39.3 Å². The largest absolute Gasteiger partial charge is 0.508 e. The molecule has 96 valence electrons. The predicted octanol–water partition coefficient (Wildman–Crippen LogP) is 0.620. The van der Waals surface area contributed by atoms with E-state index in [0.717, 1.165) is 17.4 Å². The van der Waals surface area contributed by atoms with Gasteiger partial charge in [-0.05, 0) is 18.2 Å². The van der Waals surface area contributed by atoms with Crippen molar-refractivity contribution in [1.82, 2.24) is 9.71 Å². The van der Waals surface area contributed by atoms with Crippen molar-refractivity contribution in [3.8, 4) is 5.75 Å². The van der Waals surface area contributed by atoms with E-state index in [-0.39, 0.29) is 22.1 Å². The third kappa shape index (κ3) is 2.97. The van der Waals surface area contributed by atoms with E-state index >= 15 is 0 Å². The Morgan fingerprint density at radius 1 is 1.39 bits per heavy atom. The zero-order valence-corrected chi connectivity index (χ0v) is 10.7. The summed E-state index contributed by atoms with van der Waals surface area (Å²) in [4.78, 5) is 13.1. The van der Waals surface area contributed by atoms with Gasteiger partial charge in [-0.2, -0.15) is 0 Å². The fraction of sp³-hybridized carbons (Fsp3) is 0.100. The summed E-state index contributed by atoms with van der Waals surface area (Å²) in [6.07, 6.45) is 0. The van der Waals surface area contributed by atoms with Crippen LogP contribution in [0.3, 0.4) is 0 Å². The number of aromatic amines is 1. The zero-order chi connectivity index (χ0) is 13.2. The first-order chi connectivity index (χ1) is 8.47. The molecule has 1 aromatic heterocycles. The van der Waals surface area contributed by atoms with E-state index in [1.807, 2.05) is 0 Å². The zero-order valence-electron chi connectivity index (χ0n) is 9.08. The van der Waals surface area contributed by atoms with Gasteiger partial charge in [0.25, 0.3) is 0 Å². The predicted molar refractivity (Wildman–Crippen MR) is 67.1 cm³/mol. The molecular weight excluding hydrogens is 276 g/mol. The average molecular weight is 286 g/mol.